The van der Waals surface area contributed by atoms with E-state index in [1.807, 2.05) is 27.7 Å². The number of hydrogen-bond donors (Lipinski definition) is 0. The quantitative estimate of drug-likeness (QED) is 0.606. The lowest BCUT2D eigenvalue weighted by Gasteiger charge is -2.32. The molecule has 124 valence electrons. The van der Waals surface area contributed by atoms with Crippen molar-refractivity contribution in [3.05, 3.63) is 39.0 Å². The second kappa shape index (κ2) is 5.77. The van der Waals surface area contributed by atoms with E-state index in [9.17, 15) is 0 Å². The fourth-order valence-electron chi connectivity index (χ4n) is 3.04. The molecule has 0 aromatic heterocycles. The van der Waals surface area contributed by atoms with Gasteiger partial charge in [-0.15, -0.1) is 0 Å². The lowest BCUT2D eigenvalue weighted by atomic mass is 9.77. The Morgan fingerprint density at radius 3 is 2.30 bits per heavy atom. The van der Waals surface area contributed by atoms with E-state index >= 15 is 4.39 Å². The number of allylic oxidation sites excluding steroid dienone is 1. The monoisotopic (exact) mass is 356 g/mol. The Kier molecular flexibility index (Phi) is 4.33. The molecule has 1 saturated heterocycles. The molecule has 0 atom stereocenters. The maximum Gasteiger partial charge on any atom is 0.525 e. The molecular weight excluding hydrogens is 337 g/mol. The number of benzene rings is 1. The van der Waals surface area contributed by atoms with Crippen molar-refractivity contribution in [3.8, 4) is 0 Å². The van der Waals surface area contributed by atoms with Gasteiger partial charge in [0.15, 0.2) is 0 Å². The van der Waals surface area contributed by atoms with Crippen LogP contribution < -0.4 is 0 Å². The SMILES string of the molecule is CC1(C)OB(C(F)=C2CCCc3c(Cl)cc(Cl)cc32)OC1(C)C. The summed E-state index contributed by atoms with van der Waals surface area (Å²) in [5.74, 6) is 0. The predicted molar refractivity (Wildman–Crippen MR) is 93.5 cm³/mol. The van der Waals surface area contributed by atoms with Gasteiger partial charge in [0.05, 0.1) is 11.2 Å². The van der Waals surface area contributed by atoms with Crippen LogP contribution in [0.4, 0.5) is 4.39 Å². The van der Waals surface area contributed by atoms with Gasteiger partial charge < -0.3 is 9.31 Å². The van der Waals surface area contributed by atoms with Gasteiger partial charge in [0.2, 0.25) is 0 Å². The molecule has 1 aromatic rings. The zero-order valence-electron chi connectivity index (χ0n) is 13.8. The Balaban J connectivity index is 2.04. The maximum absolute atomic E-state index is 15.2. The smallest absolute Gasteiger partial charge is 0.398 e. The second-order valence-corrected chi connectivity index (χ2v) is 8.03. The molecule has 2 aliphatic rings. The lowest BCUT2D eigenvalue weighted by molar-refractivity contribution is 0.00578. The molecule has 0 amide bonds. The van der Waals surface area contributed by atoms with Gasteiger partial charge in [-0.3, -0.25) is 0 Å². The van der Waals surface area contributed by atoms with E-state index in [0.29, 0.717) is 22.0 Å². The molecule has 1 fully saturated rings. The van der Waals surface area contributed by atoms with Crippen molar-refractivity contribution in [3.63, 3.8) is 0 Å². The van der Waals surface area contributed by atoms with E-state index in [-0.39, 0.29) is 5.73 Å². The van der Waals surface area contributed by atoms with Crippen molar-refractivity contribution in [1.82, 2.24) is 0 Å². The van der Waals surface area contributed by atoms with Crippen LogP contribution in [0.25, 0.3) is 5.57 Å². The average Bonchev–Trinajstić information content (AvgIpc) is 2.66. The molecule has 0 bridgehead atoms. The van der Waals surface area contributed by atoms with Gasteiger partial charge in [0.1, 0.15) is 5.73 Å². The minimum absolute atomic E-state index is 0.372. The van der Waals surface area contributed by atoms with E-state index in [1.165, 1.54) is 0 Å². The minimum Gasteiger partial charge on any atom is -0.398 e. The number of halogens is 3. The van der Waals surface area contributed by atoms with E-state index in [1.54, 1.807) is 12.1 Å². The van der Waals surface area contributed by atoms with Crippen LogP contribution >= 0.6 is 23.2 Å². The maximum atomic E-state index is 15.2. The molecule has 3 rings (SSSR count). The normalized spacial score (nSPS) is 24.6. The summed E-state index contributed by atoms with van der Waals surface area (Å²) in [6.45, 7) is 7.64. The molecule has 6 heteroatoms. The van der Waals surface area contributed by atoms with Gasteiger partial charge in [-0.05, 0) is 75.8 Å². The summed E-state index contributed by atoms with van der Waals surface area (Å²) in [5, 5.41) is 1.10. The first-order valence-electron chi connectivity index (χ1n) is 7.85. The van der Waals surface area contributed by atoms with Crippen LogP contribution in [0.1, 0.15) is 51.7 Å². The standard InChI is InChI=1S/C17H20BCl2FO2/c1-16(2)17(3,4)23-18(22-16)15(21)12-7-5-6-11-13(12)8-10(19)9-14(11)20/h8-9H,5-7H2,1-4H3. The summed E-state index contributed by atoms with van der Waals surface area (Å²) >= 11 is 12.4. The van der Waals surface area contributed by atoms with Gasteiger partial charge in [-0.2, -0.15) is 0 Å². The van der Waals surface area contributed by atoms with Gasteiger partial charge in [0.25, 0.3) is 0 Å². The highest BCUT2D eigenvalue weighted by Gasteiger charge is 2.53. The molecule has 0 N–H and O–H groups in total. The van der Waals surface area contributed by atoms with Crippen LogP contribution in [0, 0.1) is 0 Å². The van der Waals surface area contributed by atoms with Gasteiger partial charge >= 0.3 is 7.12 Å². The minimum atomic E-state index is -0.987. The zero-order valence-corrected chi connectivity index (χ0v) is 15.3. The molecule has 0 spiro atoms. The van der Waals surface area contributed by atoms with Crippen LogP contribution in [0.5, 0.6) is 0 Å². The molecule has 0 saturated carbocycles. The van der Waals surface area contributed by atoms with E-state index in [2.05, 4.69) is 0 Å². The molecular formula is C17H20BCl2FO2. The van der Waals surface area contributed by atoms with Crippen molar-refractivity contribution in [2.24, 2.45) is 0 Å². The number of hydrogen-bond acceptors (Lipinski definition) is 2. The largest absolute Gasteiger partial charge is 0.525 e. The van der Waals surface area contributed by atoms with Crippen LogP contribution in [0.15, 0.2) is 17.9 Å². The van der Waals surface area contributed by atoms with E-state index < -0.39 is 18.3 Å². The topological polar surface area (TPSA) is 18.5 Å². The summed E-state index contributed by atoms with van der Waals surface area (Å²) in [7, 11) is -0.987. The number of fused-ring (bicyclic) bond motifs is 1. The highest BCUT2D eigenvalue weighted by atomic mass is 35.5. The van der Waals surface area contributed by atoms with Crippen LogP contribution in [0.3, 0.4) is 0 Å². The molecule has 1 aromatic carbocycles. The molecule has 1 heterocycles. The molecule has 23 heavy (non-hydrogen) atoms. The van der Waals surface area contributed by atoms with Crippen molar-refractivity contribution in [2.45, 2.75) is 58.2 Å². The van der Waals surface area contributed by atoms with Gasteiger partial charge in [-0.1, -0.05) is 23.2 Å². The summed E-state index contributed by atoms with van der Waals surface area (Å²) in [6.07, 6.45) is 2.29. The fourth-order valence-corrected chi connectivity index (χ4v) is 3.63. The summed E-state index contributed by atoms with van der Waals surface area (Å²) in [5.41, 5.74) is 0.806. The summed E-state index contributed by atoms with van der Waals surface area (Å²) in [4.78, 5) is 0. The molecule has 1 aliphatic heterocycles. The third kappa shape index (κ3) is 2.95. The Hall–Kier alpha value is -0.545. The number of rotatable bonds is 1. The molecule has 0 radical (unpaired) electrons. The molecule has 2 nitrogen and oxygen atoms in total. The Morgan fingerprint density at radius 2 is 1.70 bits per heavy atom. The van der Waals surface area contributed by atoms with E-state index in [0.717, 1.165) is 24.0 Å². The summed E-state index contributed by atoms with van der Waals surface area (Å²) in [6, 6.07) is 3.49. The molecule has 0 unspecified atom stereocenters. The first-order chi connectivity index (χ1) is 10.6. The zero-order chi connectivity index (χ0) is 17.0. The van der Waals surface area contributed by atoms with Crippen LogP contribution in [-0.2, 0) is 15.7 Å². The van der Waals surface area contributed by atoms with Crippen molar-refractivity contribution >= 4 is 35.9 Å². The highest BCUT2D eigenvalue weighted by Crippen LogP contribution is 2.43. The van der Waals surface area contributed by atoms with Crippen molar-refractivity contribution in [2.75, 3.05) is 0 Å². The summed E-state index contributed by atoms with van der Waals surface area (Å²) < 4.78 is 26.8. The molecule has 1 aliphatic carbocycles. The first-order valence-corrected chi connectivity index (χ1v) is 8.60. The highest BCUT2D eigenvalue weighted by molar-refractivity contribution is 6.55. The Labute approximate surface area is 147 Å². The Bertz CT molecular complexity index is 669. The fraction of sp³-hybridized carbons (Fsp3) is 0.529. The lowest BCUT2D eigenvalue weighted by Crippen LogP contribution is -2.41. The predicted octanol–water partition coefficient (Wildman–Crippen LogP) is 5.64. The van der Waals surface area contributed by atoms with E-state index in [4.69, 9.17) is 32.5 Å². The van der Waals surface area contributed by atoms with Crippen LogP contribution in [0.2, 0.25) is 10.0 Å². The third-order valence-electron chi connectivity index (χ3n) is 5.09. The van der Waals surface area contributed by atoms with Crippen molar-refractivity contribution < 1.29 is 13.7 Å². The average molecular weight is 357 g/mol. The second-order valence-electron chi connectivity index (χ2n) is 7.18. The Morgan fingerprint density at radius 1 is 1.09 bits per heavy atom. The van der Waals surface area contributed by atoms with Gasteiger partial charge in [-0.25, -0.2) is 4.39 Å². The first kappa shape index (κ1) is 17.3. The van der Waals surface area contributed by atoms with Crippen molar-refractivity contribution in [1.29, 1.82) is 0 Å². The third-order valence-corrected chi connectivity index (χ3v) is 5.64. The van der Waals surface area contributed by atoms with Gasteiger partial charge in [0, 0.05) is 10.0 Å². The van der Waals surface area contributed by atoms with Crippen LogP contribution in [-0.4, -0.2) is 18.3 Å².